The quantitative estimate of drug-likeness (QED) is 0.229. The zero-order valence-corrected chi connectivity index (χ0v) is 31.1. The summed E-state index contributed by atoms with van der Waals surface area (Å²) in [6.45, 7) is 11.6. The zero-order valence-electron chi connectivity index (χ0n) is 31.1. The minimum atomic E-state index is -1.60. The Morgan fingerprint density at radius 2 is 1.47 bits per heavy atom. The molecule has 22 atom stereocenters. The smallest absolute Gasteiger partial charge is 0.187 e. The van der Waals surface area contributed by atoms with E-state index in [1.807, 2.05) is 0 Å². The number of aliphatic hydroxyl groups is 6. The Balaban J connectivity index is 0.941. The van der Waals surface area contributed by atoms with E-state index in [2.05, 4.69) is 27.7 Å². The van der Waals surface area contributed by atoms with Crippen molar-refractivity contribution in [3.8, 4) is 0 Å². The van der Waals surface area contributed by atoms with E-state index < -0.39 is 73.8 Å². The van der Waals surface area contributed by atoms with Gasteiger partial charge in [0.1, 0.15) is 42.7 Å². The van der Waals surface area contributed by atoms with Gasteiger partial charge in [0, 0.05) is 12.3 Å². The van der Waals surface area contributed by atoms with Gasteiger partial charge in [-0.1, -0.05) is 27.7 Å². The highest BCUT2D eigenvalue weighted by Gasteiger charge is 2.69. The van der Waals surface area contributed by atoms with Gasteiger partial charge in [-0.15, -0.1) is 0 Å². The van der Waals surface area contributed by atoms with Crippen molar-refractivity contribution < 1.29 is 59.1 Å². The number of hydrogen-bond acceptors (Lipinski definition) is 12. The lowest BCUT2D eigenvalue weighted by Crippen LogP contribution is -2.64. The van der Waals surface area contributed by atoms with Crippen LogP contribution >= 0.6 is 0 Å². The summed E-state index contributed by atoms with van der Waals surface area (Å²) < 4.78 is 37.7. The molecule has 0 radical (unpaired) electrons. The largest absolute Gasteiger partial charge is 0.394 e. The van der Waals surface area contributed by atoms with Gasteiger partial charge in [0.2, 0.25) is 0 Å². The predicted octanol–water partition coefficient (Wildman–Crippen LogP) is 2.47. The minimum absolute atomic E-state index is 0.190. The lowest BCUT2D eigenvalue weighted by molar-refractivity contribution is -0.371. The molecule has 51 heavy (non-hydrogen) atoms. The highest BCUT2D eigenvalue weighted by atomic mass is 16.8. The molecule has 1 spiro atoms. The summed E-state index contributed by atoms with van der Waals surface area (Å²) in [6.07, 6.45) is -2.28. The molecule has 0 bridgehead atoms. The molecular weight excluding hydrogens is 660 g/mol. The van der Waals surface area contributed by atoms with Crippen molar-refractivity contribution in [2.24, 2.45) is 52.3 Å². The molecule has 4 saturated heterocycles. The number of fused-ring (bicyclic) bond motifs is 7. The van der Waals surface area contributed by atoms with Crippen molar-refractivity contribution in [1.82, 2.24) is 0 Å². The van der Waals surface area contributed by atoms with Crippen LogP contribution < -0.4 is 0 Å². The molecule has 0 aromatic carbocycles. The predicted molar refractivity (Wildman–Crippen MR) is 182 cm³/mol. The summed E-state index contributed by atoms with van der Waals surface area (Å²) in [5.74, 6) is 3.63. The number of hydrogen-bond donors (Lipinski definition) is 6. The summed E-state index contributed by atoms with van der Waals surface area (Å²) in [6, 6.07) is 0. The fraction of sp³-hybridized carbons (Fsp3) is 1.00. The molecule has 6 N–H and O–H groups in total. The standard InChI is InChI=1S/C39H64O12/c1-18-8-13-39(46-17-18)19(2)28-26(51-39)15-25-23-7-6-21-14-22(9-11-37(21,4)24(23)10-12-38(25,28)5)48-36-34(32(44)30(42)27(16-40)49-36)50-35-33(45)31(43)29(41)20(3)47-35/h18-36,40-45H,6-17H2,1-5H3/t18-,19+,20-,21-,22+,23-,24+,25+,26+,27+,28+,29+,30-,31-,32+,33+,34+,35+,36-,37+,38+,39-/m1/s1. The maximum atomic E-state index is 11.1. The van der Waals surface area contributed by atoms with Gasteiger partial charge in [0.25, 0.3) is 0 Å². The molecule has 292 valence electrons. The SMILES string of the molecule is C[C@@H]1CC[C@@]2(OC1)O[C@H]1C[C@H]3[C@@H]4CC[C@@H]5C[C@@H](O[C@@H]6O[C@@H](CO)[C@@H](O)[C@H](O)[C@@H]6O[C@@H]6O[C@H](C)[C@H](O)[C@@H](O)[C@@H]6O)CC[C@]5(C)[C@H]4CC[C@]3(C)[C@H]1[C@@H]2C. The average Bonchev–Trinajstić information content (AvgIpc) is 3.56. The average molecular weight is 725 g/mol. The first-order valence-electron chi connectivity index (χ1n) is 20.2. The fourth-order valence-corrected chi connectivity index (χ4v) is 13.1. The lowest BCUT2D eigenvalue weighted by atomic mass is 9.44. The maximum absolute atomic E-state index is 11.1. The third kappa shape index (κ3) is 5.91. The van der Waals surface area contributed by atoms with Gasteiger partial charge in [-0.2, -0.15) is 0 Å². The molecular formula is C39H64O12. The van der Waals surface area contributed by atoms with E-state index in [9.17, 15) is 30.6 Å². The first kappa shape index (κ1) is 37.4. The molecule has 8 fully saturated rings. The Morgan fingerprint density at radius 1 is 0.706 bits per heavy atom. The van der Waals surface area contributed by atoms with E-state index in [4.69, 9.17) is 28.4 Å². The van der Waals surface area contributed by atoms with Crippen molar-refractivity contribution in [2.75, 3.05) is 13.2 Å². The molecule has 8 rings (SSSR count). The van der Waals surface area contributed by atoms with Gasteiger partial charge >= 0.3 is 0 Å². The van der Waals surface area contributed by atoms with Crippen LogP contribution in [0.3, 0.4) is 0 Å². The number of rotatable bonds is 5. The van der Waals surface area contributed by atoms with Crippen LogP contribution in [0.15, 0.2) is 0 Å². The molecule has 4 saturated carbocycles. The van der Waals surface area contributed by atoms with E-state index >= 15 is 0 Å². The molecule has 0 unspecified atom stereocenters. The van der Waals surface area contributed by atoms with Crippen LogP contribution in [0.4, 0.5) is 0 Å². The summed E-state index contributed by atoms with van der Waals surface area (Å²) in [5.41, 5.74) is 0.464. The number of aliphatic hydroxyl groups excluding tert-OH is 6. The molecule has 12 nitrogen and oxygen atoms in total. The van der Waals surface area contributed by atoms with Crippen molar-refractivity contribution in [3.05, 3.63) is 0 Å². The van der Waals surface area contributed by atoms with Crippen LogP contribution in [-0.2, 0) is 28.4 Å². The van der Waals surface area contributed by atoms with Gasteiger partial charge in [0.05, 0.1) is 31.5 Å². The summed E-state index contributed by atoms with van der Waals surface area (Å²) in [5, 5.41) is 62.9. The first-order valence-corrected chi connectivity index (χ1v) is 20.2. The van der Waals surface area contributed by atoms with Gasteiger partial charge in [-0.05, 0) is 111 Å². The Bertz CT molecular complexity index is 1250. The van der Waals surface area contributed by atoms with Crippen molar-refractivity contribution in [3.63, 3.8) is 0 Å². The zero-order chi connectivity index (χ0) is 36.2. The van der Waals surface area contributed by atoms with E-state index in [1.54, 1.807) is 6.92 Å². The molecule has 0 aromatic rings. The monoisotopic (exact) mass is 724 g/mol. The minimum Gasteiger partial charge on any atom is -0.394 e. The Hall–Kier alpha value is -0.480. The Labute approximate surface area is 302 Å². The Kier molecular flexibility index (Phi) is 10.00. The van der Waals surface area contributed by atoms with Crippen molar-refractivity contribution >= 4 is 0 Å². The molecule has 12 heteroatoms. The highest BCUT2D eigenvalue weighted by Crippen LogP contribution is 2.71. The van der Waals surface area contributed by atoms with Crippen LogP contribution in [0, 0.1) is 52.3 Å². The van der Waals surface area contributed by atoms with Crippen LogP contribution in [-0.4, -0.2) is 123 Å². The molecule has 4 aliphatic carbocycles. The van der Waals surface area contributed by atoms with E-state index in [1.165, 1.54) is 25.7 Å². The van der Waals surface area contributed by atoms with Gasteiger partial charge in [-0.25, -0.2) is 0 Å². The van der Waals surface area contributed by atoms with Gasteiger partial charge in [0.15, 0.2) is 18.4 Å². The molecule has 4 aliphatic heterocycles. The van der Waals surface area contributed by atoms with Crippen LogP contribution in [0.5, 0.6) is 0 Å². The third-order valence-electron chi connectivity index (χ3n) is 16.1. The normalized spacial score (nSPS) is 59.9. The second kappa shape index (κ2) is 13.6. The van der Waals surface area contributed by atoms with E-state index in [-0.39, 0.29) is 23.0 Å². The first-order chi connectivity index (χ1) is 24.2. The van der Waals surface area contributed by atoms with E-state index in [0.29, 0.717) is 41.4 Å². The van der Waals surface area contributed by atoms with Crippen molar-refractivity contribution in [2.45, 2.75) is 178 Å². The third-order valence-corrected chi connectivity index (χ3v) is 16.1. The number of ether oxygens (including phenoxy) is 6. The molecule has 0 aromatic heterocycles. The second-order valence-corrected chi connectivity index (χ2v) is 18.7. The summed E-state index contributed by atoms with van der Waals surface area (Å²) in [4.78, 5) is 0. The molecule has 4 heterocycles. The topological polar surface area (TPSA) is 177 Å². The maximum Gasteiger partial charge on any atom is 0.187 e. The van der Waals surface area contributed by atoms with Crippen LogP contribution in [0.25, 0.3) is 0 Å². The van der Waals surface area contributed by atoms with Crippen LogP contribution in [0.1, 0.15) is 98.8 Å². The van der Waals surface area contributed by atoms with Gasteiger partial charge in [-0.3, -0.25) is 0 Å². The second-order valence-electron chi connectivity index (χ2n) is 18.7. The van der Waals surface area contributed by atoms with E-state index in [0.717, 1.165) is 45.1 Å². The van der Waals surface area contributed by atoms with Crippen molar-refractivity contribution in [1.29, 1.82) is 0 Å². The van der Waals surface area contributed by atoms with Gasteiger partial charge < -0.3 is 59.1 Å². The highest BCUT2D eigenvalue weighted by molar-refractivity contribution is 5.15. The summed E-state index contributed by atoms with van der Waals surface area (Å²) in [7, 11) is 0. The summed E-state index contributed by atoms with van der Waals surface area (Å²) >= 11 is 0. The lowest BCUT2D eigenvalue weighted by Gasteiger charge is -2.61. The molecule has 8 aliphatic rings. The Morgan fingerprint density at radius 3 is 2.20 bits per heavy atom. The fourth-order valence-electron chi connectivity index (χ4n) is 13.1. The van der Waals surface area contributed by atoms with Crippen LogP contribution in [0.2, 0.25) is 0 Å². The molecule has 0 amide bonds.